The Kier molecular flexibility index (Phi) is 6.00. The SMILES string of the molecule is O=C(CC1CCCCN1S(=O)(=O)c1ccccc1)NCc1ccccn1. The Morgan fingerprint density at radius 2 is 1.88 bits per heavy atom. The van der Waals surface area contributed by atoms with Crippen molar-refractivity contribution in [2.75, 3.05) is 6.54 Å². The molecule has 0 spiro atoms. The van der Waals surface area contributed by atoms with Crippen LogP contribution in [0.5, 0.6) is 0 Å². The van der Waals surface area contributed by atoms with Gasteiger partial charge in [0.15, 0.2) is 0 Å². The molecule has 0 saturated carbocycles. The number of benzene rings is 1. The molecule has 1 atom stereocenters. The molecule has 138 valence electrons. The van der Waals surface area contributed by atoms with Crippen LogP contribution in [0.15, 0.2) is 59.6 Å². The monoisotopic (exact) mass is 373 g/mol. The second-order valence-corrected chi connectivity index (χ2v) is 8.27. The molecule has 0 aliphatic carbocycles. The van der Waals surface area contributed by atoms with Crippen LogP contribution in [0, 0.1) is 0 Å². The van der Waals surface area contributed by atoms with E-state index in [-0.39, 0.29) is 23.3 Å². The highest BCUT2D eigenvalue weighted by Gasteiger charge is 2.34. The Morgan fingerprint density at radius 1 is 1.12 bits per heavy atom. The van der Waals surface area contributed by atoms with Crippen molar-refractivity contribution < 1.29 is 13.2 Å². The van der Waals surface area contributed by atoms with Gasteiger partial charge in [-0.25, -0.2) is 8.42 Å². The number of sulfonamides is 1. The molecule has 0 bridgehead atoms. The smallest absolute Gasteiger partial charge is 0.243 e. The van der Waals surface area contributed by atoms with E-state index in [1.165, 1.54) is 4.31 Å². The van der Waals surface area contributed by atoms with Gasteiger partial charge in [-0.15, -0.1) is 0 Å². The quantitative estimate of drug-likeness (QED) is 0.843. The number of piperidine rings is 1. The first-order chi connectivity index (χ1) is 12.6. The molecule has 1 aliphatic rings. The van der Waals surface area contributed by atoms with Gasteiger partial charge < -0.3 is 5.32 Å². The molecule has 1 amide bonds. The van der Waals surface area contributed by atoms with Gasteiger partial charge in [0.2, 0.25) is 15.9 Å². The highest BCUT2D eigenvalue weighted by molar-refractivity contribution is 7.89. The Labute approximate surface area is 154 Å². The van der Waals surface area contributed by atoms with Crippen LogP contribution in [0.4, 0.5) is 0 Å². The minimum Gasteiger partial charge on any atom is -0.350 e. The molecule has 3 rings (SSSR count). The van der Waals surface area contributed by atoms with Crippen molar-refractivity contribution in [3.05, 3.63) is 60.4 Å². The van der Waals surface area contributed by atoms with Gasteiger partial charge in [0.05, 0.1) is 17.1 Å². The van der Waals surface area contributed by atoms with E-state index in [1.807, 2.05) is 18.2 Å². The van der Waals surface area contributed by atoms with Crippen molar-refractivity contribution >= 4 is 15.9 Å². The largest absolute Gasteiger partial charge is 0.350 e. The first-order valence-electron chi connectivity index (χ1n) is 8.81. The summed E-state index contributed by atoms with van der Waals surface area (Å²) in [5.74, 6) is -0.157. The molecule has 0 radical (unpaired) electrons. The number of carbonyl (C=O) groups is 1. The maximum atomic E-state index is 12.9. The molecular weight excluding hydrogens is 350 g/mol. The van der Waals surface area contributed by atoms with E-state index < -0.39 is 10.0 Å². The van der Waals surface area contributed by atoms with Gasteiger partial charge >= 0.3 is 0 Å². The molecule has 2 heterocycles. The zero-order valence-electron chi connectivity index (χ0n) is 14.5. The van der Waals surface area contributed by atoms with E-state index in [0.29, 0.717) is 19.5 Å². The fourth-order valence-corrected chi connectivity index (χ4v) is 4.91. The molecule has 1 aromatic carbocycles. The number of carbonyl (C=O) groups excluding carboxylic acids is 1. The van der Waals surface area contributed by atoms with Crippen molar-refractivity contribution in [3.63, 3.8) is 0 Å². The van der Waals surface area contributed by atoms with Crippen LogP contribution in [0.1, 0.15) is 31.4 Å². The zero-order valence-corrected chi connectivity index (χ0v) is 15.4. The minimum absolute atomic E-state index is 0.157. The summed E-state index contributed by atoms with van der Waals surface area (Å²) < 4.78 is 27.4. The van der Waals surface area contributed by atoms with E-state index in [1.54, 1.807) is 36.5 Å². The molecule has 1 fully saturated rings. The molecule has 7 heteroatoms. The number of rotatable bonds is 6. The molecule has 26 heavy (non-hydrogen) atoms. The minimum atomic E-state index is -3.58. The van der Waals surface area contributed by atoms with Crippen LogP contribution in [0.2, 0.25) is 0 Å². The number of aromatic nitrogens is 1. The molecular formula is C19H23N3O3S. The predicted molar refractivity (Wildman–Crippen MR) is 98.7 cm³/mol. The molecule has 6 nitrogen and oxygen atoms in total. The summed E-state index contributed by atoms with van der Waals surface area (Å²) in [6.45, 7) is 0.799. The number of amides is 1. The van der Waals surface area contributed by atoms with Gasteiger partial charge in [-0.05, 0) is 37.1 Å². The molecule has 1 aromatic heterocycles. The van der Waals surface area contributed by atoms with Crippen molar-refractivity contribution in [2.45, 2.75) is 43.2 Å². The third kappa shape index (κ3) is 4.47. The number of nitrogens with one attached hydrogen (secondary N) is 1. The van der Waals surface area contributed by atoms with Crippen LogP contribution in [-0.4, -0.2) is 36.2 Å². The standard InChI is InChI=1S/C19H23N3O3S/c23-19(21-15-16-8-4-6-12-20-16)14-17-9-5-7-13-22(17)26(24,25)18-10-2-1-3-11-18/h1-4,6,8,10-12,17H,5,7,9,13-15H2,(H,21,23). The van der Waals surface area contributed by atoms with Gasteiger partial charge in [0.1, 0.15) is 0 Å². The second kappa shape index (κ2) is 8.42. The maximum absolute atomic E-state index is 12.9. The zero-order chi connectivity index (χ0) is 18.4. The highest BCUT2D eigenvalue weighted by atomic mass is 32.2. The van der Waals surface area contributed by atoms with E-state index >= 15 is 0 Å². The third-order valence-corrected chi connectivity index (χ3v) is 6.50. The maximum Gasteiger partial charge on any atom is 0.243 e. The van der Waals surface area contributed by atoms with Gasteiger partial charge in [-0.3, -0.25) is 9.78 Å². The van der Waals surface area contributed by atoms with Gasteiger partial charge in [0, 0.05) is 25.2 Å². The Hall–Kier alpha value is -2.25. The van der Waals surface area contributed by atoms with Crippen LogP contribution in [0.3, 0.4) is 0 Å². The van der Waals surface area contributed by atoms with Crippen molar-refractivity contribution in [3.8, 4) is 0 Å². The lowest BCUT2D eigenvalue weighted by molar-refractivity contribution is -0.122. The third-order valence-electron chi connectivity index (χ3n) is 4.54. The van der Waals surface area contributed by atoms with Crippen LogP contribution < -0.4 is 5.32 Å². The highest BCUT2D eigenvalue weighted by Crippen LogP contribution is 2.27. The predicted octanol–water partition coefficient (Wildman–Crippen LogP) is 2.33. The van der Waals surface area contributed by atoms with E-state index in [0.717, 1.165) is 18.5 Å². The number of nitrogens with zero attached hydrogens (tertiary/aromatic N) is 2. The fourth-order valence-electron chi connectivity index (χ4n) is 3.20. The summed E-state index contributed by atoms with van der Waals surface area (Å²) in [6.07, 6.45) is 4.29. The summed E-state index contributed by atoms with van der Waals surface area (Å²) in [5.41, 5.74) is 0.776. The first kappa shape index (κ1) is 18.5. The van der Waals surface area contributed by atoms with E-state index in [4.69, 9.17) is 0 Å². The normalized spacial score (nSPS) is 18.4. The summed E-state index contributed by atoms with van der Waals surface area (Å²) >= 11 is 0. The summed E-state index contributed by atoms with van der Waals surface area (Å²) in [4.78, 5) is 16.8. The van der Waals surface area contributed by atoms with Crippen molar-refractivity contribution in [1.29, 1.82) is 0 Å². The van der Waals surface area contributed by atoms with E-state index in [9.17, 15) is 13.2 Å². The Balaban J connectivity index is 1.66. The van der Waals surface area contributed by atoms with Gasteiger partial charge in [-0.2, -0.15) is 4.31 Å². The van der Waals surface area contributed by atoms with Crippen LogP contribution >= 0.6 is 0 Å². The first-order valence-corrected chi connectivity index (χ1v) is 10.2. The Morgan fingerprint density at radius 3 is 2.62 bits per heavy atom. The molecule has 2 aromatic rings. The number of hydrogen-bond acceptors (Lipinski definition) is 4. The topological polar surface area (TPSA) is 79.4 Å². The number of pyridine rings is 1. The van der Waals surface area contributed by atoms with Gasteiger partial charge in [-0.1, -0.05) is 30.7 Å². The average molecular weight is 373 g/mol. The van der Waals surface area contributed by atoms with Crippen LogP contribution in [-0.2, 0) is 21.4 Å². The van der Waals surface area contributed by atoms with Gasteiger partial charge in [0.25, 0.3) is 0 Å². The molecule has 1 unspecified atom stereocenters. The number of hydrogen-bond donors (Lipinski definition) is 1. The lowest BCUT2D eigenvalue weighted by Crippen LogP contribution is -2.45. The molecule has 1 saturated heterocycles. The summed E-state index contributed by atoms with van der Waals surface area (Å²) in [7, 11) is -3.58. The fraction of sp³-hybridized carbons (Fsp3) is 0.368. The van der Waals surface area contributed by atoms with Crippen molar-refractivity contribution in [2.24, 2.45) is 0 Å². The van der Waals surface area contributed by atoms with E-state index in [2.05, 4.69) is 10.3 Å². The average Bonchev–Trinajstić information content (AvgIpc) is 2.68. The Bertz CT molecular complexity index is 826. The summed E-state index contributed by atoms with van der Waals surface area (Å²) in [5, 5.41) is 2.84. The molecule has 1 N–H and O–H groups in total. The van der Waals surface area contributed by atoms with Crippen LogP contribution in [0.25, 0.3) is 0 Å². The second-order valence-electron chi connectivity index (χ2n) is 6.38. The lowest BCUT2D eigenvalue weighted by Gasteiger charge is -2.34. The lowest BCUT2D eigenvalue weighted by atomic mass is 10.0. The van der Waals surface area contributed by atoms with Crippen molar-refractivity contribution in [1.82, 2.24) is 14.6 Å². The summed E-state index contributed by atoms with van der Waals surface area (Å²) in [6, 6.07) is 13.6. The molecule has 1 aliphatic heterocycles.